The molecule has 0 aromatic heterocycles. The third kappa shape index (κ3) is 3.83. The SMILES string of the molecule is Cc1c(C)c(C)c(CNC(C)c2cccc(N3CCCS3(=O)=O)c2)c(C)c1C. The van der Waals surface area contributed by atoms with E-state index in [9.17, 15) is 8.42 Å². The largest absolute Gasteiger partial charge is 0.306 e. The molecule has 1 unspecified atom stereocenters. The topological polar surface area (TPSA) is 49.4 Å². The van der Waals surface area contributed by atoms with Gasteiger partial charge in [-0.25, -0.2) is 8.42 Å². The summed E-state index contributed by atoms with van der Waals surface area (Å²) >= 11 is 0. The lowest BCUT2D eigenvalue weighted by molar-refractivity contribution is 0.571. The number of rotatable bonds is 5. The van der Waals surface area contributed by atoms with Gasteiger partial charge in [0.1, 0.15) is 0 Å². The molecule has 1 fully saturated rings. The molecule has 152 valence electrons. The Bertz CT molecular complexity index is 967. The molecule has 0 spiro atoms. The van der Waals surface area contributed by atoms with Gasteiger partial charge in [0.25, 0.3) is 0 Å². The fraction of sp³-hybridized carbons (Fsp3) is 0.478. The first kappa shape index (κ1) is 20.9. The van der Waals surface area contributed by atoms with E-state index >= 15 is 0 Å². The van der Waals surface area contributed by atoms with Crippen molar-refractivity contribution in [1.82, 2.24) is 5.32 Å². The zero-order chi connectivity index (χ0) is 20.6. The molecule has 4 nitrogen and oxygen atoms in total. The van der Waals surface area contributed by atoms with E-state index in [0.717, 1.165) is 17.8 Å². The third-order valence-electron chi connectivity index (χ3n) is 6.50. The van der Waals surface area contributed by atoms with E-state index in [-0.39, 0.29) is 11.8 Å². The third-order valence-corrected chi connectivity index (χ3v) is 8.37. The van der Waals surface area contributed by atoms with Crippen LogP contribution in [0.5, 0.6) is 0 Å². The smallest absolute Gasteiger partial charge is 0.235 e. The predicted molar refractivity (Wildman–Crippen MR) is 118 cm³/mol. The van der Waals surface area contributed by atoms with Crippen LogP contribution in [0.3, 0.4) is 0 Å². The van der Waals surface area contributed by atoms with Crippen molar-refractivity contribution in [3.05, 3.63) is 63.2 Å². The van der Waals surface area contributed by atoms with Gasteiger partial charge < -0.3 is 5.32 Å². The Labute approximate surface area is 170 Å². The average molecular weight is 401 g/mol. The average Bonchev–Trinajstić information content (AvgIpc) is 3.03. The minimum absolute atomic E-state index is 0.131. The summed E-state index contributed by atoms with van der Waals surface area (Å²) in [6.07, 6.45) is 0.699. The van der Waals surface area contributed by atoms with Gasteiger partial charge in [-0.1, -0.05) is 12.1 Å². The van der Waals surface area contributed by atoms with Crippen LogP contribution in [-0.2, 0) is 16.6 Å². The summed E-state index contributed by atoms with van der Waals surface area (Å²) in [6, 6.07) is 8.04. The van der Waals surface area contributed by atoms with Crippen molar-refractivity contribution >= 4 is 15.7 Å². The number of hydrogen-bond acceptors (Lipinski definition) is 3. The minimum atomic E-state index is -3.15. The summed E-state index contributed by atoms with van der Waals surface area (Å²) in [5.41, 5.74) is 10.1. The molecule has 3 rings (SSSR count). The van der Waals surface area contributed by atoms with Gasteiger partial charge in [0.2, 0.25) is 10.0 Å². The molecule has 0 saturated carbocycles. The second-order valence-electron chi connectivity index (χ2n) is 8.04. The normalized spacial score (nSPS) is 17.1. The molecule has 1 N–H and O–H groups in total. The van der Waals surface area contributed by atoms with Crippen molar-refractivity contribution in [3.8, 4) is 0 Å². The Balaban J connectivity index is 1.80. The van der Waals surface area contributed by atoms with Gasteiger partial charge in [-0.05, 0) is 99.0 Å². The van der Waals surface area contributed by atoms with Gasteiger partial charge in [-0.3, -0.25) is 4.31 Å². The first-order valence-electron chi connectivity index (χ1n) is 10.0. The quantitative estimate of drug-likeness (QED) is 0.797. The highest BCUT2D eigenvalue weighted by Gasteiger charge is 2.28. The van der Waals surface area contributed by atoms with Crippen molar-refractivity contribution in [2.45, 2.75) is 60.5 Å². The van der Waals surface area contributed by atoms with Crippen LogP contribution in [-0.4, -0.2) is 20.7 Å². The zero-order valence-corrected chi connectivity index (χ0v) is 18.7. The van der Waals surface area contributed by atoms with Crippen LogP contribution < -0.4 is 9.62 Å². The zero-order valence-electron chi connectivity index (χ0n) is 17.9. The molecular formula is C23H32N2O2S. The fourth-order valence-electron chi connectivity index (χ4n) is 4.09. The van der Waals surface area contributed by atoms with Gasteiger partial charge in [0, 0.05) is 19.1 Å². The molecule has 5 heteroatoms. The lowest BCUT2D eigenvalue weighted by Gasteiger charge is -2.22. The lowest BCUT2D eigenvalue weighted by atomic mass is 9.89. The molecule has 1 atom stereocenters. The summed E-state index contributed by atoms with van der Waals surface area (Å²) in [4.78, 5) is 0. The van der Waals surface area contributed by atoms with Gasteiger partial charge in [-0.2, -0.15) is 0 Å². The summed E-state index contributed by atoms with van der Waals surface area (Å²) in [7, 11) is -3.15. The van der Waals surface area contributed by atoms with Crippen molar-refractivity contribution < 1.29 is 8.42 Å². The Morgan fingerprint density at radius 1 is 1.00 bits per heavy atom. The highest BCUT2D eigenvalue weighted by Crippen LogP contribution is 2.28. The molecular weight excluding hydrogens is 368 g/mol. The first-order valence-corrected chi connectivity index (χ1v) is 11.6. The number of benzene rings is 2. The highest BCUT2D eigenvalue weighted by molar-refractivity contribution is 7.93. The summed E-state index contributed by atoms with van der Waals surface area (Å²) in [5, 5.41) is 3.64. The second kappa shape index (κ2) is 7.88. The van der Waals surface area contributed by atoms with E-state index in [1.807, 2.05) is 18.2 Å². The summed E-state index contributed by atoms with van der Waals surface area (Å²) in [5.74, 6) is 0.246. The summed E-state index contributed by atoms with van der Waals surface area (Å²) < 4.78 is 26.0. The van der Waals surface area contributed by atoms with E-state index in [1.54, 1.807) is 4.31 Å². The predicted octanol–water partition coefficient (Wildman–Crippen LogP) is 4.62. The summed E-state index contributed by atoms with van der Waals surface area (Å²) in [6.45, 7) is 14.5. The van der Waals surface area contributed by atoms with E-state index in [0.29, 0.717) is 13.0 Å². The monoisotopic (exact) mass is 400 g/mol. The highest BCUT2D eigenvalue weighted by atomic mass is 32.2. The van der Waals surface area contributed by atoms with Gasteiger partial charge in [0.05, 0.1) is 11.4 Å². The number of anilines is 1. The molecule has 0 bridgehead atoms. The van der Waals surface area contributed by atoms with E-state index in [2.05, 4.69) is 52.9 Å². The number of sulfonamides is 1. The van der Waals surface area contributed by atoms with Crippen molar-refractivity contribution in [3.63, 3.8) is 0 Å². The number of hydrogen-bond donors (Lipinski definition) is 1. The van der Waals surface area contributed by atoms with E-state index in [1.165, 1.54) is 33.4 Å². The van der Waals surface area contributed by atoms with E-state index < -0.39 is 10.0 Å². The van der Waals surface area contributed by atoms with Gasteiger partial charge in [0.15, 0.2) is 0 Å². The molecule has 1 heterocycles. The Morgan fingerprint density at radius 2 is 1.61 bits per heavy atom. The minimum Gasteiger partial charge on any atom is -0.306 e. The van der Waals surface area contributed by atoms with Gasteiger partial charge >= 0.3 is 0 Å². The maximum atomic E-state index is 12.2. The molecule has 0 aliphatic carbocycles. The van der Waals surface area contributed by atoms with Crippen molar-refractivity contribution in [1.29, 1.82) is 0 Å². The van der Waals surface area contributed by atoms with Crippen LogP contribution in [0.15, 0.2) is 24.3 Å². The standard InChI is InChI=1S/C23H32N2O2S/c1-15-16(2)18(4)23(19(5)17(15)3)14-24-20(6)21-9-7-10-22(13-21)25-11-8-12-28(25,26)27/h7,9-10,13,20,24H,8,11-12,14H2,1-6H3. The van der Waals surface area contributed by atoms with Crippen LogP contribution in [0.2, 0.25) is 0 Å². The molecule has 0 amide bonds. The Hall–Kier alpha value is -1.85. The Kier molecular flexibility index (Phi) is 5.87. The van der Waals surface area contributed by atoms with Crippen molar-refractivity contribution in [2.75, 3.05) is 16.6 Å². The first-order chi connectivity index (χ1) is 13.1. The van der Waals surface area contributed by atoms with Crippen LogP contribution in [0, 0.1) is 34.6 Å². The fourth-order valence-corrected chi connectivity index (χ4v) is 5.65. The van der Waals surface area contributed by atoms with Crippen LogP contribution in [0.1, 0.15) is 58.3 Å². The van der Waals surface area contributed by atoms with E-state index in [4.69, 9.17) is 0 Å². The molecule has 28 heavy (non-hydrogen) atoms. The molecule has 1 saturated heterocycles. The number of nitrogens with zero attached hydrogens (tertiary/aromatic N) is 1. The maximum absolute atomic E-state index is 12.2. The Morgan fingerprint density at radius 3 is 2.18 bits per heavy atom. The molecule has 2 aromatic carbocycles. The molecule has 1 aliphatic heterocycles. The molecule has 0 radical (unpaired) electrons. The van der Waals surface area contributed by atoms with Crippen molar-refractivity contribution in [2.24, 2.45) is 0 Å². The van der Waals surface area contributed by atoms with Crippen LogP contribution in [0.25, 0.3) is 0 Å². The second-order valence-corrected chi connectivity index (χ2v) is 10.1. The van der Waals surface area contributed by atoms with Crippen LogP contribution >= 0.6 is 0 Å². The number of nitrogens with one attached hydrogen (secondary N) is 1. The maximum Gasteiger partial charge on any atom is 0.235 e. The van der Waals surface area contributed by atoms with Crippen LogP contribution in [0.4, 0.5) is 5.69 Å². The molecule has 1 aliphatic rings. The lowest BCUT2D eigenvalue weighted by Crippen LogP contribution is -2.25. The molecule has 2 aromatic rings. The van der Waals surface area contributed by atoms with Gasteiger partial charge in [-0.15, -0.1) is 0 Å².